The van der Waals surface area contributed by atoms with E-state index in [0.717, 1.165) is 37.3 Å². The van der Waals surface area contributed by atoms with E-state index in [2.05, 4.69) is 24.1 Å². The minimum atomic E-state index is -0.589. The predicted octanol–water partition coefficient (Wildman–Crippen LogP) is 4.64. The van der Waals surface area contributed by atoms with Crippen LogP contribution in [0.25, 0.3) is 0 Å². The molecule has 3 aliphatic carbocycles. The molecule has 3 saturated carbocycles. The summed E-state index contributed by atoms with van der Waals surface area (Å²) in [7, 11) is 0. The van der Waals surface area contributed by atoms with Crippen LogP contribution in [-0.4, -0.2) is 31.0 Å². The smallest absolute Gasteiger partial charge is 0.258 e. The summed E-state index contributed by atoms with van der Waals surface area (Å²) in [5.74, 6) is 0.191. The van der Waals surface area contributed by atoms with Crippen molar-refractivity contribution < 1.29 is 18.7 Å². The van der Waals surface area contributed by atoms with Gasteiger partial charge in [-0.1, -0.05) is 43.5 Å². The first-order valence-corrected chi connectivity index (χ1v) is 11.6. The lowest BCUT2D eigenvalue weighted by Crippen LogP contribution is -2.56. The number of hydrogen-bond acceptors (Lipinski definition) is 3. The second kappa shape index (κ2) is 11.0. The molecule has 0 aliphatic heterocycles. The molecule has 0 aromatic heterocycles. The third-order valence-electron chi connectivity index (χ3n) is 6.45. The van der Waals surface area contributed by atoms with Gasteiger partial charge in [0.2, 0.25) is 5.91 Å². The van der Waals surface area contributed by atoms with E-state index < -0.39 is 5.82 Å². The summed E-state index contributed by atoms with van der Waals surface area (Å²) in [5, 5.41) is 6.05. The van der Waals surface area contributed by atoms with Crippen LogP contribution in [0.1, 0.15) is 51.9 Å². The average molecular weight is 451 g/mol. The first-order valence-electron chi connectivity index (χ1n) is 11.2. The lowest BCUT2D eigenvalue weighted by molar-refractivity contribution is -0.135. The molecule has 7 heteroatoms. The molecule has 0 saturated heterocycles. The van der Waals surface area contributed by atoms with Gasteiger partial charge in [-0.05, 0) is 56.1 Å². The molecular formula is C24H32ClFN2O3. The molecule has 31 heavy (non-hydrogen) atoms. The minimum absolute atomic E-state index is 0.00685. The Morgan fingerprint density at radius 1 is 1.23 bits per heavy atom. The Bertz CT molecular complexity index is 810. The number of carbonyl (C=O) groups excluding carboxylic acids is 2. The maximum absolute atomic E-state index is 13.5. The largest absolute Gasteiger partial charge is 0.484 e. The monoisotopic (exact) mass is 450 g/mol. The van der Waals surface area contributed by atoms with Gasteiger partial charge in [-0.15, -0.1) is 0 Å². The first kappa shape index (κ1) is 23.6. The fraction of sp³-hybridized carbons (Fsp3) is 0.583. The van der Waals surface area contributed by atoms with Crippen LogP contribution in [-0.2, 0) is 9.59 Å². The second-order valence-corrected chi connectivity index (χ2v) is 9.20. The number of amides is 2. The van der Waals surface area contributed by atoms with Crippen LogP contribution in [0.5, 0.6) is 5.75 Å². The van der Waals surface area contributed by atoms with Crippen molar-refractivity contribution in [3.63, 3.8) is 0 Å². The van der Waals surface area contributed by atoms with Gasteiger partial charge in [0, 0.05) is 24.6 Å². The number of nitrogens with one attached hydrogen (secondary N) is 2. The lowest BCUT2D eigenvalue weighted by Gasteiger charge is -2.50. The zero-order chi connectivity index (χ0) is 22.4. The van der Waals surface area contributed by atoms with E-state index in [9.17, 15) is 14.0 Å². The van der Waals surface area contributed by atoms with Crippen LogP contribution in [0.4, 0.5) is 4.39 Å². The number of carbonyl (C=O) groups is 2. The molecule has 1 aromatic carbocycles. The average Bonchev–Trinajstić information content (AvgIpc) is 2.72. The molecule has 5 nitrogen and oxygen atoms in total. The third kappa shape index (κ3) is 6.45. The van der Waals surface area contributed by atoms with Gasteiger partial charge in [-0.25, -0.2) is 4.39 Å². The highest BCUT2D eigenvalue weighted by Gasteiger charge is 2.48. The molecule has 2 atom stereocenters. The number of rotatable bonds is 11. The minimum Gasteiger partial charge on any atom is -0.484 e. The van der Waals surface area contributed by atoms with Gasteiger partial charge >= 0.3 is 0 Å². The van der Waals surface area contributed by atoms with Crippen molar-refractivity contribution in [2.45, 2.75) is 57.9 Å². The summed E-state index contributed by atoms with van der Waals surface area (Å²) in [4.78, 5) is 25.1. The van der Waals surface area contributed by atoms with Crippen LogP contribution < -0.4 is 15.4 Å². The third-order valence-corrected chi connectivity index (χ3v) is 6.75. The van der Waals surface area contributed by atoms with E-state index in [1.54, 1.807) is 0 Å². The van der Waals surface area contributed by atoms with E-state index in [1.807, 2.05) is 0 Å². The highest BCUT2D eigenvalue weighted by molar-refractivity contribution is 6.30. The van der Waals surface area contributed by atoms with E-state index in [-0.39, 0.29) is 41.2 Å². The lowest BCUT2D eigenvalue weighted by atomic mass is 9.57. The van der Waals surface area contributed by atoms with Gasteiger partial charge in [0.05, 0.1) is 5.02 Å². The molecule has 0 radical (unpaired) electrons. The fourth-order valence-corrected chi connectivity index (χ4v) is 4.66. The van der Waals surface area contributed by atoms with Crippen LogP contribution in [0.2, 0.25) is 5.02 Å². The summed E-state index contributed by atoms with van der Waals surface area (Å²) < 4.78 is 18.9. The van der Waals surface area contributed by atoms with Crippen LogP contribution in [0.15, 0.2) is 30.4 Å². The summed E-state index contributed by atoms with van der Waals surface area (Å²) in [5.41, 5.74) is 1.06. The molecule has 3 aliphatic rings. The second-order valence-electron chi connectivity index (χ2n) is 8.80. The predicted molar refractivity (Wildman–Crippen MR) is 119 cm³/mol. The number of fused-ring (bicyclic) bond motifs is 2. The Morgan fingerprint density at radius 3 is 2.71 bits per heavy atom. The maximum Gasteiger partial charge on any atom is 0.258 e. The molecule has 4 rings (SSSR count). The van der Waals surface area contributed by atoms with Crippen LogP contribution in [0, 0.1) is 23.6 Å². The van der Waals surface area contributed by atoms with Crippen molar-refractivity contribution in [2.24, 2.45) is 17.8 Å². The Labute approximate surface area is 188 Å². The van der Waals surface area contributed by atoms with E-state index in [1.165, 1.54) is 25.0 Å². The van der Waals surface area contributed by atoms with Gasteiger partial charge in [0.1, 0.15) is 11.6 Å². The molecule has 3 fully saturated rings. The van der Waals surface area contributed by atoms with Crippen molar-refractivity contribution in [3.05, 3.63) is 41.2 Å². The molecule has 2 N–H and O–H groups in total. The molecule has 0 spiro atoms. The summed E-state index contributed by atoms with van der Waals surface area (Å²) in [6.45, 7) is 6.55. The van der Waals surface area contributed by atoms with E-state index in [4.69, 9.17) is 16.3 Å². The van der Waals surface area contributed by atoms with Crippen molar-refractivity contribution in [2.75, 3.05) is 13.2 Å². The van der Waals surface area contributed by atoms with Gasteiger partial charge in [-0.2, -0.15) is 0 Å². The van der Waals surface area contributed by atoms with Crippen molar-refractivity contribution in [1.29, 1.82) is 0 Å². The molecule has 2 unspecified atom stereocenters. The Balaban J connectivity index is 1.43. The topological polar surface area (TPSA) is 67.4 Å². The highest BCUT2D eigenvalue weighted by atomic mass is 35.5. The van der Waals surface area contributed by atoms with Crippen LogP contribution >= 0.6 is 11.6 Å². The number of unbranched alkanes of at least 4 members (excludes halogenated alkanes) is 2. The fourth-order valence-electron chi connectivity index (χ4n) is 4.54. The summed E-state index contributed by atoms with van der Waals surface area (Å²) >= 11 is 5.65. The van der Waals surface area contributed by atoms with Crippen LogP contribution in [0.3, 0.4) is 0 Å². The highest BCUT2D eigenvalue weighted by Crippen LogP contribution is 2.49. The standard InChI is InChI=1S/C24H32ClFN2O3/c1-3-4-5-6-15(2)13-27-24(30)19-12-22(17-9-16(19)10-17)28-23(29)14-31-18-7-8-20(25)21(26)11-18/h7-8,11,16-17,19,22H,2-6,9-10,12-14H2,1H3,(H,27,30)(H,28,29). The Hall–Kier alpha value is -2.08. The Morgan fingerprint density at radius 2 is 2.00 bits per heavy atom. The summed E-state index contributed by atoms with van der Waals surface area (Å²) in [6, 6.07) is 4.03. The Kier molecular flexibility index (Phi) is 8.35. The quantitative estimate of drug-likeness (QED) is 0.381. The maximum atomic E-state index is 13.5. The zero-order valence-corrected chi connectivity index (χ0v) is 18.8. The van der Waals surface area contributed by atoms with Crippen molar-refractivity contribution in [1.82, 2.24) is 10.6 Å². The van der Waals surface area contributed by atoms with Gasteiger partial charge in [0.15, 0.2) is 6.61 Å². The molecule has 2 bridgehead atoms. The number of hydrogen-bond donors (Lipinski definition) is 2. The summed E-state index contributed by atoms with van der Waals surface area (Å²) in [6.07, 6.45) is 6.97. The van der Waals surface area contributed by atoms with Gasteiger partial charge < -0.3 is 15.4 Å². The van der Waals surface area contributed by atoms with Crippen molar-refractivity contribution in [3.8, 4) is 5.75 Å². The molecule has 1 aromatic rings. The first-order chi connectivity index (χ1) is 14.9. The molecule has 170 valence electrons. The van der Waals surface area contributed by atoms with E-state index in [0.29, 0.717) is 24.8 Å². The molecular weight excluding hydrogens is 419 g/mol. The SMILES string of the molecule is C=C(CCCCC)CNC(=O)C1CC(NC(=O)COc2ccc(Cl)c(F)c2)C2CC1C2. The number of halogens is 2. The number of benzene rings is 1. The molecule has 2 amide bonds. The number of ether oxygens (including phenoxy) is 1. The van der Waals surface area contributed by atoms with Gasteiger partial charge in [0.25, 0.3) is 5.91 Å². The normalized spacial score (nSPS) is 24.1. The van der Waals surface area contributed by atoms with E-state index >= 15 is 0 Å². The molecule has 0 heterocycles. The van der Waals surface area contributed by atoms with Gasteiger partial charge in [-0.3, -0.25) is 9.59 Å². The zero-order valence-electron chi connectivity index (χ0n) is 18.1. The van der Waals surface area contributed by atoms with Crippen molar-refractivity contribution >= 4 is 23.4 Å².